The lowest BCUT2D eigenvalue weighted by atomic mass is 10.1. The van der Waals surface area contributed by atoms with Crippen LogP contribution in [0.3, 0.4) is 0 Å². The molecule has 1 N–H and O–H groups in total. The van der Waals surface area contributed by atoms with E-state index < -0.39 is 11.9 Å². The normalized spacial score (nSPS) is 12.4. The topological polar surface area (TPSA) is 47.3 Å². The number of hydrogen-bond acceptors (Lipinski definition) is 3. The third-order valence-electron chi connectivity index (χ3n) is 2.82. The predicted octanol–water partition coefficient (Wildman–Crippen LogP) is 2.13. The lowest BCUT2D eigenvalue weighted by molar-refractivity contribution is 0.207. The molecule has 0 spiro atoms. The van der Waals surface area contributed by atoms with Crippen LogP contribution in [0.4, 0.5) is 4.39 Å². The fraction of sp³-hybridized carbons (Fsp3) is 0.308. The molecule has 0 radical (unpaired) electrons. The number of aliphatic hydroxyl groups is 1. The largest absolute Gasteiger partial charge is 0.494 e. The van der Waals surface area contributed by atoms with E-state index in [4.69, 9.17) is 4.74 Å². The highest BCUT2D eigenvalue weighted by Gasteiger charge is 2.16. The molecular formula is C13H15FN2O2. The Kier molecular flexibility index (Phi) is 3.62. The lowest BCUT2D eigenvalue weighted by Crippen LogP contribution is -2.09. The van der Waals surface area contributed by atoms with Gasteiger partial charge in [0.05, 0.1) is 12.8 Å². The molecule has 1 unspecified atom stereocenters. The summed E-state index contributed by atoms with van der Waals surface area (Å²) >= 11 is 0. The highest BCUT2D eigenvalue weighted by molar-refractivity contribution is 5.33. The molecule has 2 aromatic rings. The first kappa shape index (κ1) is 12.6. The Labute approximate surface area is 105 Å². The van der Waals surface area contributed by atoms with Crippen LogP contribution in [-0.4, -0.2) is 22.0 Å². The van der Waals surface area contributed by atoms with Crippen LogP contribution in [0.5, 0.6) is 5.75 Å². The average molecular weight is 250 g/mol. The zero-order valence-corrected chi connectivity index (χ0v) is 10.3. The molecule has 1 atom stereocenters. The van der Waals surface area contributed by atoms with Gasteiger partial charge in [0.2, 0.25) is 0 Å². The van der Waals surface area contributed by atoms with E-state index in [2.05, 4.69) is 5.10 Å². The summed E-state index contributed by atoms with van der Waals surface area (Å²) in [5.41, 5.74) is 1.12. The Morgan fingerprint density at radius 2 is 2.22 bits per heavy atom. The molecule has 0 amide bonds. The van der Waals surface area contributed by atoms with Crippen LogP contribution in [0.2, 0.25) is 0 Å². The first-order valence-corrected chi connectivity index (χ1v) is 5.70. The first-order valence-electron chi connectivity index (χ1n) is 5.70. The molecule has 96 valence electrons. The maximum atomic E-state index is 13.6. The number of nitrogens with zero attached hydrogens (tertiary/aromatic N) is 2. The van der Waals surface area contributed by atoms with Crippen molar-refractivity contribution in [3.63, 3.8) is 0 Å². The Hall–Kier alpha value is -1.88. The molecular weight excluding hydrogens is 235 g/mol. The number of ether oxygens (including phenoxy) is 1. The third-order valence-corrected chi connectivity index (χ3v) is 2.82. The van der Waals surface area contributed by atoms with Crippen LogP contribution in [0.15, 0.2) is 30.5 Å². The van der Waals surface area contributed by atoms with Gasteiger partial charge in [-0.1, -0.05) is 6.07 Å². The zero-order valence-electron chi connectivity index (χ0n) is 10.3. The van der Waals surface area contributed by atoms with Crippen molar-refractivity contribution >= 4 is 0 Å². The van der Waals surface area contributed by atoms with E-state index in [1.807, 2.05) is 6.92 Å². The number of aryl methyl sites for hydroxylation is 1. The number of methoxy groups -OCH3 is 1. The molecule has 0 aliphatic heterocycles. The summed E-state index contributed by atoms with van der Waals surface area (Å²) in [5.74, 6) is -0.327. The second-order valence-corrected chi connectivity index (χ2v) is 3.87. The van der Waals surface area contributed by atoms with Crippen molar-refractivity contribution in [1.29, 1.82) is 0 Å². The minimum Gasteiger partial charge on any atom is -0.494 e. The van der Waals surface area contributed by atoms with Gasteiger partial charge in [0.15, 0.2) is 11.6 Å². The molecule has 0 bridgehead atoms. The van der Waals surface area contributed by atoms with E-state index in [0.717, 1.165) is 0 Å². The summed E-state index contributed by atoms with van der Waals surface area (Å²) in [7, 11) is 1.40. The minimum atomic E-state index is -0.896. The molecule has 1 heterocycles. The number of aliphatic hydroxyl groups excluding tert-OH is 1. The van der Waals surface area contributed by atoms with Gasteiger partial charge in [-0.3, -0.25) is 4.68 Å². The number of rotatable bonds is 4. The van der Waals surface area contributed by atoms with Crippen molar-refractivity contribution in [2.24, 2.45) is 0 Å². The standard InChI is InChI=1S/C13H15FN2O2/c1-3-16-11(6-7-15-16)13(17)9-4-5-12(18-2)10(14)8-9/h4-8,13,17H,3H2,1-2H3. The summed E-state index contributed by atoms with van der Waals surface area (Å²) in [5, 5.41) is 14.3. The van der Waals surface area contributed by atoms with E-state index in [-0.39, 0.29) is 5.75 Å². The molecule has 0 saturated carbocycles. The van der Waals surface area contributed by atoms with E-state index in [0.29, 0.717) is 17.8 Å². The summed E-state index contributed by atoms with van der Waals surface area (Å²) in [4.78, 5) is 0. The van der Waals surface area contributed by atoms with Gasteiger partial charge in [0.1, 0.15) is 6.10 Å². The van der Waals surface area contributed by atoms with Gasteiger partial charge in [-0.15, -0.1) is 0 Å². The van der Waals surface area contributed by atoms with Crippen LogP contribution in [0.25, 0.3) is 0 Å². The highest BCUT2D eigenvalue weighted by atomic mass is 19.1. The third kappa shape index (κ3) is 2.22. The number of benzene rings is 1. The zero-order chi connectivity index (χ0) is 13.1. The molecule has 1 aromatic heterocycles. The van der Waals surface area contributed by atoms with E-state index in [9.17, 15) is 9.50 Å². The van der Waals surface area contributed by atoms with E-state index in [1.54, 1.807) is 23.0 Å². The molecule has 18 heavy (non-hydrogen) atoms. The van der Waals surface area contributed by atoms with Gasteiger partial charge in [-0.25, -0.2) is 4.39 Å². The minimum absolute atomic E-state index is 0.162. The summed E-state index contributed by atoms with van der Waals surface area (Å²) in [6.45, 7) is 2.58. The molecule has 1 aromatic carbocycles. The molecule has 0 saturated heterocycles. The number of halogens is 1. The molecule has 0 fully saturated rings. The van der Waals surface area contributed by atoms with Crippen LogP contribution in [0.1, 0.15) is 24.3 Å². The number of hydrogen-bond donors (Lipinski definition) is 1. The van der Waals surface area contributed by atoms with Crippen molar-refractivity contribution in [1.82, 2.24) is 9.78 Å². The summed E-state index contributed by atoms with van der Waals surface area (Å²) in [6, 6.07) is 6.13. The van der Waals surface area contributed by atoms with Crippen molar-refractivity contribution in [2.45, 2.75) is 19.6 Å². The molecule has 0 aliphatic rings. The molecule has 4 nitrogen and oxygen atoms in total. The summed E-state index contributed by atoms with van der Waals surface area (Å²) < 4.78 is 20.1. The van der Waals surface area contributed by atoms with Crippen LogP contribution in [-0.2, 0) is 6.54 Å². The Bertz CT molecular complexity index is 540. The van der Waals surface area contributed by atoms with Gasteiger partial charge in [0.25, 0.3) is 0 Å². The monoisotopic (exact) mass is 250 g/mol. The summed E-state index contributed by atoms with van der Waals surface area (Å²) in [6.07, 6.45) is 0.718. The average Bonchev–Trinajstić information content (AvgIpc) is 2.86. The highest BCUT2D eigenvalue weighted by Crippen LogP contribution is 2.26. The Balaban J connectivity index is 2.34. The maximum absolute atomic E-state index is 13.6. The molecule has 0 aliphatic carbocycles. The Morgan fingerprint density at radius 3 is 2.83 bits per heavy atom. The second kappa shape index (κ2) is 5.18. The second-order valence-electron chi connectivity index (χ2n) is 3.87. The number of aromatic nitrogens is 2. The first-order chi connectivity index (χ1) is 8.67. The fourth-order valence-electron chi connectivity index (χ4n) is 1.86. The smallest absolute Gasteiger partial charge is 0.165 e. The quantitative estimate of drug-likeness (QED) is 0.904. The van der Waals surface area contributed by atoms with Gasteiger partial charge >= 0.3 is 0 Å². The fourth-order valence-corrected chi connectivity index (χ4v) is 1.86. The predicted molar refractivity (Wildman–Crippen MR) is 64.9 cm³/mol. The van der Waals surface area contributed by atoms with Gasteiger partial charge in [-0.05, 0) is 30.7 Å². The van der Waals surface area contributed by atoms with Gasteiger partial charge < -0.3 is 9.84 Å². The SMILES string of the molecule is CCn1nccc1C(O)c1ccc(OC)c(F)c1. The van der Waals surface area contributed by atoms with Crippen LogP contribution in [0, 0.1) is 5.82 Å². The van der Waals surface area contributed by atoms with Crippen molar-refractivity contribution in [2.75, 3.05) is 7.11 Å². The molecule has 2 rings (SSSR count). The van der Waals surface area contributed by atoms with Crippen LogP contribution < -0.4 is 4.74 Å². The molecule has 5 heteroatoms. The van der Waals surface area contributed by atoms with Gasteiger partial charge in [0, 0.05) is 12.7 Å². The van der Waals surface area contributed by atoms with Crippen molar-refractivity contribution in [3.8, 4) is 5.75 Å². The lowest BCUT2D eigenvalue weighted by Gasteiger charge is -2.13. The van der Waals surface area contributed by atoms with Gasteiger partial charge in [-0.2, -0.15) is 5.10 Å². The van der Waals surface area contributed by atoms with Crippen LogP contribution >= 0.6 is 0 Å². The van der Waals surface area contributed by atoms with Crippen molar-refractivity contribution < 1.29 is 14.2 Å². The maximum Gasteiger partial charge on any atom is 0.165 e. The Morgan fingerprint density at radius 1 is 1.44 bits per heavy atom. The van der Waals surface area contributed by atoms with E-state index in [1.165, 1.54) is 19.2 Å². The van der Waals surface area contributed by atoms with E-state index >= 15 is 0 Å². The van der Waals surface area contributed by atoms with Crippen molar-refractivity contribution in [3.05, 3.63) is 47.5 Å².